The first-order valence-electron chi connectivity index (χ1n) is 26.4. The second kappa shape index (κ2) is 19.7. The van der Waals surface area contributed by atoms with E-state index in [1.165, 1.54) is 27.8 Å². The fourth-order valence-electron chi connectivity index (χ4n) is 10.4. The van der Waals surface area contributed by atoms with Crippen LogP contribution in [-0.4, -0.2) is 4.98 Å². The average Bonchev–Trinajstić information content (AvgIpc) is 3.74. The molecule has 9 aromatic rings. The number of hydrogen-bond acceptors (Lipinski definition) is 5. The van der Waals surface area contributed by atoms with Gasteiger partial charge in [0.1, 0.15) is 5.82 Å². The first-order chi connectivity index (χ1) is 35.7. The molecule has 0 saturated heterocycles. The van der Waals surface area contributed by atoms with Crippen molar-refractivity contribution in [2.75, 3.05) is 19.6 Å². The van der Waals surface area contributed by atoms with Gasteiger partial charge in [-0.25, -0.2) is 4.98 Å². The quantitative estimate of drug-likeness (QED) is 0.148. The van der Waals surface area contributed by atoms with Crippen LogP contribution in [0, 0.1) is 18.8 Å². The molecule has 0 aliphatic carbocycles. The maximum absolute atomic E-state index is 5.19. The SMILES string of the molecule is CC(C)(C)c1ccc(-c2ccnc(N3c4[c-]c(N(c5[c-]c(N6[CH-]N(c7cc(C(C)(C)C)cc(C(C)(C)C)c7)c7ccccc76)cc(C(C)(C)C)c5)c5ccccc5)ccc4-c4ccccc4-c4ccccc43)c2)cc1.[Pt]. The van der Waals surface area contributed by atoms with Gasteiger partial charge in [0.2, 0.25) is 0 Å². The van der Waals surface area contributed by atoms with Gasteiger partial charge in [0.05, 0.1) is 5.69 Å². The molecule has 0 atom stereocenters. The average molecular weight is 1170 g/mol. The largest absolute Gasteiger partial charge is 0.493 e. The summed E-state index contributed by atoms with van der Waals surface area (Å²) in [5, 5.41) is 0. The van der Waals surface area contributed by atoms with E-state index in [9.17, 15) is 0 Å². The van der Waals surface area contributed by atoms with Crippen LogP contribution in [0.15, 0.2) is 188 Å². The van der Waals surface area contributed by atoms with Crippen molar-refractivity contribution < 1.29 is 21.1 Å². The Labute approximate surface area is 467 Å². The molecule has 11 rings (SSSR count). The van der Waals surface area contributed by atoms with Crippen molar-refractivity contribution in [2.24, 2.45) is 0 Å². The van der Waals surface area contributed by atoms with Crippen LogP contribution >= 0.6 is 0 Å². The van der Waals surface area contributed by atoms with Gasteiger partial charge in [-0.3, -0.25) is 0 Å². The second-order valence-corrected chi connectivity index (χ2v) is 24.4. The Morgan fingerprint density at radius 2 is 0.961 bits per heavy atom. The Bertz CT molecular complexity index is 3560. The van der Waals surface area contributed by atoms with Crippen molar-refractivity contribution in [2.45, 2.75) is 105 Å². The predicted octanol–water partition coefficient (Wildman–Crippen LogP) is 19.5. The van der Waals surface area contributed by atoms with Crippen LogP contribution in [0.2, 0.25) is 0 Å². The zero-order chi connectivity index (χ0) is 52.6. The van der Waals surface area contributed by atoms with Crippen LogP contribution in [0.5, 0.6) is 0 Å². The number of hydrogen-bond donors (Lipinski definition) is 0. The van der Waals surface area contributed by atoms with E-state index < -0.39 is 0 Å². The van der Waals surface area contributed by atoms with E-state index in [1.54, 1.807) is 0 Å². The number of nitrogens with zero attached hydrogens (tertiary/aromatic N) is 5. The molecule has 5 nitrogen and oxygen atoms in total. The van der Waals surface area contributed by atoms with E-state index in [0.29, 0.717) is 0 Å². The summed E-state index contributed by atoms with van der Waals surface area (Å²) in [5.41, 5.74) is 20.7. The second-order valence-electron chi connectivity index (χ2n) is 24.4. The molecule has 8 aromatic carbocycles. The van der Waals surface area contributed by atoms with Gasteiger partial charge in [0.25, 0.3) is 0 Å². The number of para-hydroxylation sites is 4. The van der Waals surface area contributed by atoms with Crippen molar-refractivity contribution in [1.29, 1.82) is 0 Å². The molecule has 3 heterocycles. The maximum atomic E-state index is 5.19. The summed E-state index contributed by atoms with van der Waals surface area (Å²) < 4.78 is 0. The van der Waals surface area contributed by atoms with Gasteiger partial charge in [-0.2, -0.15) is 6.07 Å². The molecule has 0 fully saturated rings. The zero-order valence-electron chi connectivity index (χ0n) is 46.0. The molecule has 0 amide bonds. The molecule has 1 aromatic heterocycles. The van der Waals surface area contributed by atoms with Crippen molar-refractivity contribution in [3.63, 3.8) is 0 Å². The number of fused-ring (bicyclic) bond motifs is 6. The Morgan fingerprint density at radius 3 is 1.58 bits per heavy atom. The van der Waals surface area contributed by atoms with E-state index in [0.717, 1.165) is 84.8 Å². The fourth-order valence-corrected chi connectivity index (χ4v) is 10.4. The summed E-state index contributed by atoms with van der Waals surface area (Å²) in [5.74, 6) is 0.813. The number of aromatic nitrogens is 1. The van der Waals surface area contributed by atoms with Crippen molar-refractivity contribution in [3.05, 3.63) is 229 Å². The minimum atomic E-state index is -0.200. The van der Waals surface area contributed by atoms with Gasteiger partial charge in [-0.05, 0) is 110 Å². The van der Waals surface area contributed by atoms with Crippen LogP contribution in [-0.2, 0) is 42.7 Å². The molecule has 386 valence electrons. The smallest absolute Gasteiger partial charge is 0.136 e. The van der Waals surface area contributed by atoms with Gasteiger partial charge >= 0.3 is 0 Å². The molecule has 2 aliphatic heterocycles. The Kier molecular flexibility index (Phi) is 13.6. The maximum Gasteiger partial charge on any atom is 0.136 e. The summed E-state index contributed by atoms with van der Waals surface area (Å²) in [6.45, 7) is 29.7. The molecule has 0 N–H and O–H groups in total. The van der Waals surface area contributed by atoms with Gasteiger partial charge in [-0.1, -0.05) is 209 Å². The molecule has 76 heavy (non-hydrogen) atoms. The van der Waals surface area contributed by atoms with Gasteiger partial charge < -0.3 is 19.6 Å². The van der Waals surface area contributed by atoms with Crippen molar-refractivity contribution in [3.8, 4) is 33.4 Å². The summed E-state index contributed by atoms with van der Waals surface area (Å²) in [7, 11) is 0. The number of pyridine rings is 1. The van der Waals surface area contributed by atoms with Crippen molar-refractivity contribution >= 4 is 57.0 Å². The minimum absolute atomic E-state index is 0. The molecule has 0 unspecified atom stereocenters. The Morgan fingerprint density at radius 1 is 0.421 bits per heavy atom. The number of benzene rings is 8. The van der Waals surface area contributed by atoms with E-state index in [2.05, 4.69) is 303 Å². The first kappa shape index (κ1) is 52.2. The van der Waals surface area contributed by atoms with Gasteiger partial charge in [0.15, 0.2) is 0 Å². The standard InChI is InChI=1S/C70H68N5.Pt/c1-67(2,3)49-32-30-47(31-33-49)48-36-37-71-66(38-48)75-62-27-19-18-26-60(62)58-24-16-17-25-59(58)61-35-34-54(45-65(61)75)74(53-22-14-13-15-23-53)57-43-52(70(10,11)12)42-56(44-57)73-46-72(63-28-20-21-29-64(63)73)55-40-50(68(4,5)6)39-51(41-55)69(7,8)9;/h13-43,46H,1-12H3;/q-3;. The summed E-state index contributed by atoms with van der Waals surface area (Å²) in [6, 6.07) is 74.6. The van der Waals surface area contributed by atoms with Crippen LogP contribution in [0.3, 0.4) is 0 Å². The van der Waals surface area contributed by atoms with Crippen LogP contribution < -0.4 is 19.6 Å². The summed E-state index contributed by atoms with van der Waals surface area (Å²) in [4.78, 5) is 14.5. The first-order valence-corrected chi connectivity index (χ1v) is 26.4. The normalized spacial score (nSPS) is 13.3. The zero-order valence-corrected chi connectivity index (χ0v) is 48.3. The monoisotopic (exact) mass is 1170 g/mol. The fraction of sp³-hybridized carbons (Fsp3) is 0.229. The molecule has 0 radical (unpaired) electrons. The summed E-state index contributed by atoms with van der Waals surface area (Å²) >= 11 is 0. The predicted molar refractivity (Wildman–Crippen MR) is 317 cm³/mol. The van der Waals surface area contributed by atoms with Crippen LogP contribution in [0.4, 0.5) is 57.0 Å². The van der Waals surface area contributed by atoms with Gasteiger partial charge in [-0.15, -0.1) is 53.8 Å². The molecular weight excluding hydrogens is 1110 g/mol. The molecular formula is C70H68N5Pt-3. The molecule has 0 saturated carbocycles. The minimum Gasteiger partial charge on any atom is -0.493 e. The number of rotatable bonds is 7. The van der Waals surface area contributed by atoms with E-state index >= 15 is 0 Å². The van der Waals surface area contributed by atoms with Gasteiger partial charge in [0, 0.05) is 55.6 Å². The molecule has 6 heteroatoms. The Balaban J connectivity index is 0.00000657. The third-order valence-electron chi connectivity index (χ3n) is 14.9. The van der Waals surface area contributed by atoms with E-state index in [-0.39, 0.29) is 42.7 Å². The third kappa shape index (κ3) is 9.91. The van der Waals surface area contributed by atoms with E-state index in [1.807, 2.05) is 6.20 Å². The summed E-state index contributed by atoms with van der Waals surface area (Å²) in [6.07, 6.45) is 1.94. The van der Waals surface area contributed by atoms with E-state index in [4.69, 9.17) is 4.98 Å². The van der Waals surface area contributed by atoms with Crippen molar-refractivity contribution in [1.82, 2.24) is 4.98 Å². The Hall–Kier alpha value is -7.20. The molecule has 0 spiro atoms. The van der Waals surface area contributed by atoms with Crippen LogP contribution in [0.1, 0.15) is 105 Å². The van der Waals surface area contributed by atoms with Crippen LogP contribution in [0.25, 0.3) is 33.4 Å². The number of anilines is 10. The third-order valence-corrected chi connectivity index (χ3v) is 14.9. The molecule has 0 bridgehead atoms. The topological polar surface area (TPSA) is 25.9 Å². The molecule has 2 aliphatic rings.